The molecule has 1 saturated carbocycles. The summed E-state index contributed by atoms with van der Waals surface area (Å²) in [7, 11) is 0. The molecule has 2 heterocycles. The zero-order valence-electron chi connectivity index (χ0n) is 19.1. The molecule has 36 heavy (non-hydrogen) atoms. The SMILES string of the molecule is N#Cc1ccc2cc1/C=N\C=C/n1cncc1/C=N\C1=C3CCC(=C1Oc1ccccc1O2)CC3=O. The van der Waals surface area contributed by atoms with E-state index in [1.165, 1.54) is 0 Å². The predicted octanol–water partition coefficient (Wildman–Crippen LogP) is 5.18. The molecule has 4 bridgehead atoms. The van der Waals surface area contributed by atoms with Crippen LogP contribution in [0, 0.1) is 11.3 Å². The molecule has 1 fully saturated rings. The summed E-state index contributed by atoms with van der Waals surface area (Å²) in [6, 6.07) is 14.7. The van der Waals surface area contributed by atoms with Gasteiger partial charge in [-0.25, -0.2) is 4.98 Å². The van der Waals surface area contributed by atoms with Crippen LogP contribution in [-0.4, -0.2) is 27.8 Å². The average molecular weight is 473 g/mol. The third kappa shape index (κ3) is 3.93. The number of aromatic nitrogens is 2. The highest BCUT2D eigenvalue weighted by molar-refractivity contribution is 6.01. The first-order valence-corrected chi connectivity index (χ1v) is 11.4. The lowest BCUT2D eigenvalue weighted by molar-refractivity contribution is -0.115. The van der Waals surface area contributed by atoms with Gasteiger partial charge in [-0.1, -0.05) is 12.1 Å². The summed E-state index contributed by atoms with van der Waals surface area (Å²) >= 11 is 0. The molecule has 0 spiro atoms. The number of nitrogens with zero attached hydrogens (tertiary/aromatic N) is 5. The van der Waals surface area contributed by atoms with E-state index in [1.807, 2.05) is 24.3 Å². The van der Waals surface area contributed by atoms with Gasteiger partial charge in [-0.2, -0.15) is 5.26 Å². The normalized spacial score (nSPS) is 19.1. The van der Waals surface area contributed by atoms with Crippen LogP contribution in [0.4, 0.5) is 0 Å². The second-order valence-electron chi connectivity index (χ2n) is 8.43. The number of Topliss-reactive ketones (excluding diaryl/α,β-unsaturated/α-hetero) is 1. The minimum Gasteiger partial charge on any atom is -0.453 e. The number of rotatable bonds is 0. The van der Waals surface area contributed by atoms with E-state index in [9.17, 15) is 10.1 Å². The monoisotopic (exact) mass is 473 g/mol. The molecule has 0 saturated heterocycles. The molecule has 174 valence electrons. The largest absolute Gasteiger partial charge is 0.453 e. The highest BCUT2D eigenvalue weighted by Gasteiger charge is 2.34. The van der Waals surface area contributed by atoms with Gasteiger partial charge in [0.2, 0.25) is 0 Å². The zero-order chi connectivity index (χ0) is 24.5. The van der Waals surface area contributed by atoms with Gasteiger partial charge in [-0.15, -0.1) is 0 Å². The Morgan fingerprint density at radius 2 is 1.89 bits per heavy atom. The Bertz CT molecular complexity index is 1600. The van der Waals surface area contributed by atoms with E-state index < -0.39 is 0 Å². The number of carbonyl (C=O) groups excluding carboxylic acids is 1. The van der Waals surface area contributed by atoms with Crippen molar-refractivity contribution >= 4 is 24.4 Å². The minimum absolute atomic E-state index is 0.0824. The van der Waals surface area contributed by atoms with Crippen molar-refractivity contribution in [3.05, 3.63) is 101 Å². The molecule has 3 aliphatic carbocycles. The second kappa shape index (κ2) is 8.96. The second-order valence-corrected chi connectivity index (χ2v) is 8.43. The van der Waals surface area contributed by atoms with Crippen LogP contribution in [0.25, 0.3) is 6.20 Å². The molecule has 8 nitrogen and oxygen atoms in total. The van der Waals surface area contributed by atoms with Crippen LogP contribution in [-0.2, 0) is 4.79 Å². The molecule has 1 aliphatic heterocycles. The van der Waals surface area contributed by atoms with Crippen LogP contribution in [0.5, 0.6) is 17.2 Å². The first-order valence-electron chi connectivity index (χ1n) is 11.4. The maximum Gasteiger partial charge on any atom is 0.170 e. The van der Waals surface area contributed by atoms with Gasteiger partial charge in [0.25, 0.3) is 0 Å². The molecule has 1 aromatic heterocycles. The number of benzene rings is 2. The fourth-order valence-electron chi connectivity index (χ4n) is 4.38. The lowest BCUT2D eigenvalue weighted by Crippen LogP contribution is -2.23. The van der Waals surface area contributed by atoms with Crippen LogP contribution in [0.1, 0.15) is 36.1 Å². The average Bonchev–Trinajstić information content (AvgIpc) is 3.34. The number of hydrogen-bond acceptors (Lipinski definition) is 7. The van der Waals surface area contributed by atoms with E-state index in [-0.39, 0.29) is 5.78 Å². The van der Waals surface area contributed by atoms with E-state index in [4.69, 9.17) is 14.5 Å². The first kappa shape index (κ1) is 21.5. The fourth-order valence-corrected chi connectivity index (χ4v) is 4.38. The van der Waals surface area contributed by atoms with Crippen LogP contribution in [0.15, 0.2) is 93.8 Å². The zero-order valence-corrected chi connectivity index (χ0v) is 19.1. The number of allylic oxidation sites excluding steroid dienone is 2. The Morgan fingerprint density at radius 1 is 1.03 bits per heavy atom. The van der Waals surface area contributed by atoms with Crippen molar-refractivity contribution in [3.8, 4) is 23.3 Å². The topological polar surface area (TPSA) is 102 Å². The van der Waals surface area contributed by atoms with Gasteiger partial charge in [0.1, 0.15) is 11.4 Å². The number of imidazole rings is 1. The molecular formula is C28H19N5O3. The van der Waals surface area contributed by atoms with E-state index in [2.05, 4.69) is 16.0 Å². The molecule has 0 amide bonds. The molecule has 8 heteroatoms. The smallest absolute Gasteiger partial charge is 0.170 e. The van der Waals surface area contributed by atoms with E-state index >= 15 is 0 Å². The summed E-state index contributed by atoms with van der Waals surface area (Å²) < 4.78 is 14.3. The van der Waals surface area contributed by atoms with Gasteiger partial charge >= 0.3 is 0 Å². The Kier molecular flexibility index (Phi) is 5.35. The van der Waals surface area contributed by atoms with Crippen molar-refractivity contribution in [2.75, 3.05) is 0 Å². The van der Waals surface area contributed by atoms with E-state index in [0.29, 0.717) is 63.9 Å². The quantitative estimate of drug-likeness (QED) is 0.448. The van der Waals surface area contributed by atoms with Gasteiger partial charge < -0.3 is 14.0 Å². The van der Waals surface area contributed by atoms with Crippen molar-refractivity contribution in [3.63, 3.8) is 0 Å². The summed E-state index contributed by atoms with van der Waals surface area (Å²) in [5.74, 6) is 2.22. The number of hydrogen-bond donors (Lipinski definition) is 0. The van der Waals surface area contributed by atoms with Crippen molar-refractivity contribution in [1.29, 1.82) is 5.26 Å². The van der Waals surface area contributed by atoms with Crippen molar-refractivity contribution in [2.45, 2.75) is 19.3 Å². The first-order chi connectivity index (χ1) is 17.7. The number of nitriles is 1. The molecular weight excluding hydrogens is 454 g/mol. The number of aliphatic imine (C=N–C) groups is 2. The summed E-state index contributed by atoms with van der Waals surface area (Å²) in [5.41, 5.74) is 3.95. The van der Waals surface area contributed by atoms with Gasteiger partial charge in [0, 0.05) is 36.2 Å². The van der Waals surface area contributed by atoms with Crippen LogP contribution in [0.3, 0.4) is 0 Å². The fraction of sp³-hybridized carbons (Fsp3) is 0.107. The molecule has 0 radical (unpaired) electrons. The van der Waals surface area contributed by atoms with E-state index in [1.54, 1.807) is 60.1 Å². The van der Waals surface area contributed by atoms with Crippen LogP contribution < -0.4 is 9.47 Å². The Morgan fingerprint density at radius 3 is 2.72 bits per heavy atom. The summed E-state index contributed by atoms with van der Waals surface area (Å²) in [5, 5.41) is 9.52. The third-order valence-corrected chi connectivity index (χ3v) is 6.19. The number of fused-ring (bicyclic) bond motifs is 6. The van der Waals surface area contributed by atoms with E-state index in [0.717, 1.165) is 12.0 Å². The number of carbonyl (C=O) groups is 1. The number of ether oxygens (including phenoxy) is 2. The van der Waals surface area contributed by atoms with Gasteiger partial charge in [0.15, 0.2) is 23.0 Å². The Hall–Kier alpha value is -5.03. The molecule has 4 aliphatic rings. The van der Waals surface area contributed by atoms with Crippen molar-refractivity contribution in [2.24, 2.45) is 9.98 Å². The lowest BCUT2D eigenvalue weighted by Gasteiger charge is -2.28. The van der Waals surface area contributed by atoms with Gasteiger partial charge in [0.05, 0.1) is 36.1 Å². The van der Waals surface area contributed by atoms with Gasteiger partial charge in [-0.3, -0.25) is 14.8 Å². The van der Waals surface area contributed by atoms with Crippen molar-refractivity contribution < 1.29 is 14.3 Å². The summed E-state index contributed by atoms with van der Waals surface area (Å²) in [6.45, 7) is 0. The molecule has 0 unspecified atom stereocenters. The lowest BCUT2D eigenvalue weighted by atomic mass is 9.81. The molecule has 0 atom stereocenters. The molecule has 7 rings (SSSR count). The third-order valence-electron chi connectivity index (χ3n) is 6.19. The highest BCUT2D eigenvalue weighted by Crippen LogP contribution is 2.42. The summed E-state index contributed by atoms with van der Waals surface area (Å²) in [4.78, 5) is 25.9. The van der Waals surface area contributed by atoms with Gasteiger partial charge in [-0.05, 0) is 48.7 Å². The summed E-state index contributed by atoms with van der Waals surface area (Å²) in [6.07, 6.45) is 11.7. The minimum atomic E-state index is 0.0824. The number of para-hydroxylation sites is 2. The van der Waals surface area contributed by atoms with Crippen molar-refractivity contribution in [1.82, 2.24) is 9.55 Å². The molecule has 3 aromatic rings. The number of ketones is 1. The Balaban J connectivity index is 1.51. The maximum atomic E-state index is 12.7. The standard InChI is InChI=1S/C28H19N5O3/c29-13-19-5-7-22-11-20(19)14-30-9-10-33-17-31-15-21(33)16-32-27-23-8-6-18(12-24(23)34)28(27)36-26-4-2-1-3-25(26)35-22/h1-5,7,9-11,14-17H,6,8,12H2/b10-9-,30-14-,32-16-. The van der Waals surface area contributed by atoms with Crippen LogP contribution in [0.2, 0.25) is 0 Å². The predicted molar refractivity (Wildman–Crippen MR) is 134 cm³/mol. The maximum absolute atomic E-state index is 12.7. The molecule has 2 aromatic carbocycles. The van der Waals surface area contributed by atoms with Crippen LogP contribution >= 0.6 is 0 Å². The highest BCUT2D eigenvalue weighted by atomic mass is 16.5. The molecule has 0 N–H and O–H groups in total. The Labute approximate surface area is 206 Å².